The maximum Gasteiger partial charge on any atom is 0.249 e. The highest BCUT2D eigenvalue weighted by Crippen LogP contribution is 2.33. The van der Waals surface area contributed by atoms with Gasteiger partial charge in [-0.15, -0.1) is 0 Å². The number of hydrogen-bond donors (Lipinski definition) is 1. The van der Waals surface area contributed by atoms with E-state index in [0.717, 1.165) is 0 Å². The van der Waals surface area contributed by atoms with E-state index in [1.54, 1.807) is 18.2 Å². The van der Waals surface area contributed by atoms with Gasteiger partial charge in [-0.1, -0.05) is 36.4 Å². The third-order valence-corrected chi connectivity index (χ3v) is 5.64. The number of benzene rings is 2. The van der Waals surface area contributed by atoms with Crippen LogP contribution in [0.25, 0.3) is 0 Å². The molecule has 0 saturated carbocycles. The number of nitrogens with zero attached hydrogens (tertiary/aromatic N) is 2. The summed E-state index contributed by atoms with van der Waals surface area (Å²) in [6.07, 6.45) is 6.42. The molecular formula is C25H27N3O4. The Morgan fingerprint density at radius 2 is 1.91 bits per heavy atom. The Morgan fingerprint density at radius 3 is 2.72 bits per heavy atom. The van der Waals surface area contributed by atoms with Crippen molar-refractivity contribution in [1.82, 2.24) is 15.1 Å². The molecule has 0 aromatic heterocycles. The minimum Gasteiger partial charge on any atom is -0.454 e. The molecule has 166 valence electrons. The number of amides is 1. The number of Topliss-reactive ketones (excluding diaryl/α,β-unsaturated/α-hetero) is 1. The summed E-state index contributed by atoms with van der Waals surface area (Å²) in [5, 5.41) is 2.93. The number of hydrogen-bond acceptors (Lipinski definition) is 6. The van der Waals surface area contributed by atoms with Crippen LogP contribution in [0.2, 0.25) is 0 Å². The van der Waals surface area contributed by atoms with Crippen LogP contribution in [0.15, 0.2) is 72.6 Å². The van der Waals surface area contributed by atoms with Crippen molar-refractivity contribution < 1.29 is 19.1 Å². The zero-order chi connectivity index (χ0) is 22.5. The lowest BCUT2D eigenvalue weighted by Gasteiger charge is -2.25. The van der Waals surface area contributed by atoms with Gasteiger partial charge in [-0.3, -0.25) is 14.5 Å². The summed E-state index contributed by atoms with van der Waals surface area (Å²) in [6, 6.07) is 14.9. The zero-order valence-corrected chi connectivity index (χ0v) is 18.3. The summed E-state index contributed by atoms with van der Waals surface area (Å²) < 4.78 is 10.7. The minimum absolute atomic E-state index is 0.0473. The molecule has 0 saturated heterocycles. The third kappa shape index (κ3) is 5.00. The van der Waals surface area contributed by atoms with Gasteiger partial charge >= 0.3 is 0 Å². The first kappa shape index (κ1) is 21.6. The molecule has 2 aliphatic heterocycles. The Balaban J connectivity index is 1.31. The Morgan fingerprint density at radius 1 is 1.12 bits per heavy atom. The molecule has 1 N–H and O–H groups in total. The van der Waals surface area contributed by atoms with Gasteiger partial charge in [0.25, 0.3) is 0 Å². The highest BCUT2D eigenvalue weighted by atomic mass is 16.7. The molecule has 7 nitrogen and oxygen atoms in total. The van der Waals surface area contributed by atoms with E-state index in [9.17, 15) is 9.59 Å². The predicted molar refractivity (Wildman–Crippen MR) is 121 cm³/mol. The molecule has 1 atom stereocenters. The fourth-order valence-corrected chi connectivity index (χ4v) is 3.59. The van der Waals surface area contributed by atoms with Gasteiger partial charge in [0, 0.05) is 30.1 Å². The van der Waals surface area contributed by atoms with Crippen LogP contribution in [-0.2, 0) is 11.3 Å². The van der Waals surface area contributed by atoms with Gasteiger partial charge in [0.2, 0.25) is 12.7 Å². The quantitative estimate of drug-likeness (QED) is 0.509. The second-order valence-electron chi connectivity index (χ2n) is 7.93. The number of allylic oxidation sites excluding steroid dienone is 1. The summed E-state index contributed by atoms with van der Waals surface area (Å²) in [5.41, 5.74) is 2.41. The summed E-state index contributed by atoms with van der Waals surface area (Å²) in [5.74, 6) is 1.04. The van der Waals surface area contributed by atoms with E-state index < -0.39 is 6.04 Å². The number of rotatable bonds is 8. The molecule has 2 aromatic carbocycles. The molecule has 0 fully saturated rings. The van der Waals surface area contributed by atoms with Crippen molar-refractivity contribution in [3.63, 3.8) is 0 Å². The fourth-order valence-electron chi connectivity index (χ4n) is 3.59. The first-order valence-electron chi connectivity index (χ1n) is 10.6. The Bertz CT molecular complexity index is 1050. The van der Waals surface area contributed by atoms with E-state index in [4.69, 9.17) is 9.47 Å². The van der Waals surface area contributed by atoms with Gasteiger partial charge in [0.1, 0.15) is 0 Å². The first-order valence-corrected chi connectivity index (χ1v) is 10.6. The molecule has 1 unspecified atom stereocenters. The van der Waals surface area contributed by atoms with Gasteiger partial charge in [-0.2, -0.15) is 0 Å². The van der Waals surface area contributed by atoms with Gasteiger partial charge in [-0.25, -0.2) is 0 Å². The topological polar surface area (TPSA) is 71.1 Å². The van der Waals surface area contributed by atoms with Crippen LogP contribution in [0.4, 0.5) is 0 Å². The van der Waals surface area contributed by atoms with Gasteiger partial charge in [0.15, 0.2) is 17.3 Å². The minimum atomic E-state index is -0.412. The standard InChI is InChI=1S/C25H27N3O4/c1-18(24(29)20-10-11-22-23(13-20)32-17-31-22)27(2)16-26-25(30)21-9-6-12-28(15-21)14-19-7-4-3-5-8-19/h3-8,10-13,15,18H,9,14,16-17H2,1-2H3,(H,26,30). The maximum atomic E-state index is 12.9. The Labute approximate surface area is 187 Å². The number of nitrogens with one attached hydrogen (secondary N) is 1. The molecule has 0 radical (unpaired) electrons. The average Bonchev–Trinajstić information content (AvgIpc) is 3.30. The van der Waals surface area contributed by atoms with Crippen LogP contribution in [0, 0.1) is 0 Å². The number of ether oxygens (including phenoxy) is 2. The number of likely N-dealkylation sites (N-methyl/N-ethyl adjacent to an activating group) is 1. The van der Waals surface area contributed by atoms with Gasteiger partial charge in [0.05, 0.1) is 12.7 Å². The largest absolute Gasteiger partial charge is 0.454 e. The van der Waals surface area contributed by atoms with E-state index in [0.29, 0.717) is 35.6 Å². The van der Waals surface area contributed by atoms with Gasteiger partial charge in [-0.05, 0) is 44.2 Å². The summed E-state index contributed by atoms with van der Waals surface area (Å²) in [7, 11) is 1.81. The monoisotopic (exact) mass is 433 g/mol. The molecule has 32 heavy (non-hydrogen) atoms. The molecule has 2 aromatic rings. The van der Waals surface area contributed by atoms with Crippen LogP contribution in [0.1, 0.15) is 29.3 Å². The van der Waals surface area contributed by atoms with Crippen molar-refractivity contribution in [2.24, 2.45) is 0 Å². The highest BCUT2D eigenvalue weighted by Gasteiger charge is 2.23. The zero-order valence-electron chi connectivity index (χ0n) is 18.3. The van der Waals surface area contributed by atoms with Crippen LogP contribution in [-0.4, -0.2) is 48.0 Å². The maximum absolute atomic E-state index is 12.9. The average molecular weight is 434 g/mol. The lowest BCUT2D eigenvalue weighted by Crippen LogP contribution is -2.44. The van der Waals surface area contributed by atoms with Crippen LogP contribution in [0.5, 0.6) is 11.5 Å². The Kier molecular flexibility index (Phi) is 6.56. The van der Waals surface area contributed by atoms with Crippen molar-refractivity contribution in [3.8, 4) is 11.5 Å². The van der Waals surface area contributed by atoms with Crippen LogP contribution < -0.4 is 14.8 Å². The van der Waals surface area contributed by atoms with Crippen molar-refractivity contribution in [1.29, 1.82) is 0 Å². The smallest absolute Gasteiger partial charge is 0.249 e. The van der Waals surface area contributed by atoms with Crippen molar-refractivity contribution in [3.05, 3.63) is 83.7 Å². The molecule has 7 heteroatoms. The second-order valence-corrected chi connectivity index (χ2v) is 7.93. The number of carbonyl (C=O) groups is 2. The van der Waals surface area contributed by atoms with E-state index in [-0.39, 0.29) is 25.2 Å². The van der Waals surface area contributed by atoms with Crippen molar-refractivity contribution in [2.45, 2.75) is 25.9 Å². The molecule has 1 amide bonds. The number of ketones is 1. The van der Waals surface area contributed by atoms with Crippen molar-refractivity contribution in [2.75, 3.05) is 20.5 Å². The molecule has 2 heterocycles. The first-order chi connectivity index (χ1) is 15.5. The lowest BCUT2D eigenvalue weighted by atomic mass is 10.0. The molecule has 0 aliphatic carbocycles. The summed E-state index contributed by atoms with van der Waals surface area (Å²) in [6.45, 7) is 2.96. The molecule has 4 rings (SSSR count). The SMILES string of the molecule is CC(C(=O)c1ccc2c(c1)OCO2)N(C)CNC(=O)C1=CN(Cc2ccccc2)C=CC1. The van der Waals surface area contributed by atoms with Crippen molar-refractivity contribution >= 4 is 11.7 Å². The van der Waals surface area contributed by atoms with Crippen LogP contribution >= 0.6 is 0 Å². The molecular weight excluding hydrogens is 406 g/mol. The lowest BCUT2D eigenvalue weighted by molar-refractivity contribution is -0.118. The predicted octanol–water partition coefficient (Wildman–Crippen LogP) is 3.30. The summed E-state index contributed by atoms with van der Waals surface area (Å²) >= 11 is 0. The van der Waals surface area contributed by atoms with E-state index in [2.05, 4.69) is 17.4 Å². The molecule has 0 spiro atoms. The molecule has 0 bridgehead atoms. The second kappa shape index (κ2) is 9.70. The Hall–Kier alpha value is -3.58. The van der Waals surface area contributed by atoms with E-state index >= 15 is 0 Å². The molecule has 2 aliphatic rings. The van der Waals surface area contributed by atoms with Gasteiger partial charge < -0.3 is 19.7 Å². The van der Waals surface area contributed by atoms with E-state index in [1.807, 2.05) is 60.4 Å². The van der Waals surface area contributed by atoms with Crippen LogP contribution in [0.3, 0.4) is 0 Å². The number of carbonyl (C=O) groups excluding carboxylic acids is 2. The normalized spacial score (nSPS) is 15.5. The number of fused-ring (bicyclic) bond motifs is 1. The van der Waals surface area contributed by atoms with E-state index in [1.165, 1.54) is 5.56 Å². The fraction of sp³-hybridized carbons (Fsp3) is 0.280. The third-order valence-electron chi connectivity index (χ3n) is 5.64. The highest BCUT2D eigenvalue weighted by molar-refractivity contribution is 6.00. The summed E-state index contributed by atoms with van der Waals surface area (Å²) in [4.78, 5) is 29.4.